The van der Waals surface area contributed by atoms with E-state index in [-0.39, 0.29) is 16.7 Å². The number of aromatic nitrogens is 2. The van der Waals surface area contributed by atoms with Crippen LogP contribution in [-0.2, 0) is 24.7 Å². The highest BCUT2D eigenvalue weighted by molar-refractivity contribution is 8.00. The standard InChI is InChI=1S/C19H26N4O2S2/c1-4-22-8-10-23(11-9-22)17(24)12(2)26-19-20-16-15(18(25)21(19)3)13-6-5-7-14(13)27-16/h12H,4-11H2,1-3H3/p+1/t12-/m1/s1. The van der Waals surface area contributed by atoms with Gasteiger partial charge in [0.2, 0.25) is 5.91 Å². The van der Waals surface area contributed by atoms with Crippen molar-refractivity contribution in [2.75, 3.05) is 32.7 Å². The fourth-order valence-corrected chi connectivity index (χ4v) is 6.33. The predicted molar refractivity (Wildman–Crippen MR) is 110 cm³/mol. The van der Waals surface area contributed by atoms with E-state index < -0.39 is 0 Å². The van der Waals surface area contributed by atoms with Gasteiger partial charge in [0.25, 0.3) is 5.56 Å². The number of amides is 1. The van der Waals surface area contributed by atoms with Crippen LogP contribution < -0.4 is 10.5 Å². The lowest BCUT2D eigenvalue weighted by Crippen LogP contribution is -3.14. The number of likely N-dealkylation sites (N-methyl/N-ethyl adjacent to an activating group) is 1. The van der Waals surface area contributed by atoms with Gasteiger partial charge in [-0.1, -0.05) is 11.8 Å². The highest BCUT2D eigenvalue weighted by atomic mass is 32.2. The number of thiophene rings is 1. The smallest absolute Gasteiger partial charge is 0.262 e. The van der Waals surface area contributed by atoms with Gasteiger partial charge in [-0.2, -0.15) is 0 Å². The van der Waals surface area contributed by atoms with Gasteiger partial charge in [-0.3, -0.25) is 14.2 Å². The monoisotopic (exact) mass is 407 g/mol. The number of rotatable bonds is 4. The normalized spacial score (nSPS) is 18.9. The summed E-state index contributed by atoms with van der Waals surface area (Å²) in [6.45, 7) is 8.89. The van der Waals surface area contributed by atoms with Gasteiger partial charge >= 0.3 is 0 Å². The molecule has 2 aromatic heterocycles. The molecule has 0 spiro atoms. The average molecular weight is 408 g/mol. The third kappa shape index (κ3) is 3.43. The number of nitrogens with zero attached hydrogens (tertiary/aromatic N) is 3. The first-order valence-corrected chi connectivity index (χ1v) is 11.5. The molecule has 4 rings (SSSR count). The summed E-state index contributed by atoms with van der Waals surface area (Å²) >= 11 is 3.06. The van der Waals surface area contributed by atoms with Gasteiger partial charge in [0, 0.05) is 11.9 Å². The van der Waals surface area contributed by atoms with Crippen molar-refractivity contribution in [1.82, 2.24) is 14.5 Å². The van der Waals surface area contributed by atoms with Gasteiger partial charge < -0.3 is 9.80 Å². The number of carbonyl (C=O) groups is 1. The van der Waals surface area contributed by atoms with E-state index in [2.05, 4.69) is 6.92 Å². The summed E-state index contributed by atoms with van der Waals surface area (Å²) in [6, 6.07) is 0. The van der Waals surface area contributed by atoms with E-state index in [4.69, 9.17) is 4.98 Å². The van der Waals surface area contributed by atoms with Crippen molar-refractivity contribution in [1.29, 1.82) is 0 Å². The number of piperazine rings is 1. The van der Waals surface area contributed by atoms with Crippen LogP contribution in [0.4, 0.5) is 0 Å². The van der Waals surface area contributed by atoms with Crippen LogP contribution in [0.1, 0.15) is 30.7 Å². The maximum absolute atomic E-state index is 12.9. The maximum Gasteiger partial charge on any atom is 0.262 e. The van der Waals surface area contributed by atoms with Gasteiger partial charge in [-0.15, -0.1) is 11.3 Å². The summed E-state index contributed by atoms with van der Waals surface area (Å²) in [4.78, 5) is 36.2. The lowest BCUT2D eigenvalue weighted by Gasteiger charge is -2.33. The molecule has 0 aromatic carbocycles. The third-order valence-electron chi connectivity index (χ3n) is 5.82. The lowest BCUT2D eigenvalue weighted by atomic mass is 10.2. The summed E-state index contributed by atoms with van der Waals surface area (Å²) in [5.74, 6) is 0.151. The number of fused-ring (bicyclic) bond motifs is 3. The molecular weight excluding hydrogens is 380 g/mol. The van der Waals surface area contributed by atoms with Crippen LogP contribution in [0.15, 0.2) is 9.95 Å². The van der Waals surface area contributed by atoms with Crippen molar-refractivity contribution in [3.8, 4) is 0 Å². The number of thioether (sulfide) groups is 1. The molecule has 0 unspecified atom stereocenters. The Morgan fingerprint density at radius 3 is 2.78 bits per heavy atom. The Morgan fingerprint density at radius 1 is 1.33 bits per heavy atom. The first-order chi connectivity index (χ1) is 13.0. The second kappa shape index (κ2) is 7.56. The first kappa shape index (κ1) is 19.0. The third-order valence-corrected chi connectivity index (χ3v) is 8.13. The Kier molecular flexibility index (Phi) is 5.31. The Hall–Kier alpha value is -1.38. The van der Waals surface area contributed by atoms with Crippen LogP contribution in [0.25, 0.3) is 10.2 Å². The van der Waals surface area contributed by atoms with E-state index in [0.29, 0.717) is 5.16 Å². The lowest BCUT2D eigenvalue weighted by molar-refractivity contribution is -0.902. The van der Waals surface area contributed by atoms with Crippen molar-refractivity contribution in [3.05, 3.63) is 20.8 Å². The average Bonchev–Trinajstić information content (AvgIpc) is 3.26. The Morgan fingerprint density at radius 2 is 2.07 bits per heavy atom. The molecule has 2 aliphatic rings. The Labute approximate surface area is 167 Å². The van der Waals surface area contributed by atoms with E-state index in [1.807, 2.05) is 11.8 Å². The molecule has 0 radical (unpaired) electrons. The summed E-state index contributed by atoms with van der Waals surface area (Å²) in [7, 11) is 1.77. The summed E-state index contributed by atoms with van der Waals surface area (Å²) in [6.07, 6.45) is 3.18. The number of hydrogen-bond acceptors (Lipinski definition) is 5. The number of carbonyl (C=O) groups excluding carboxylic acids is 1. The molecule has 0 saturated carbocycles. The van der Waals surface area contributed by atoms with E-state index >= 15 is 0 Å². The van der Waals surface area contributed by atoms with Gasteiger partial charge in [-0.05, 0) is 38.7 Å². The van der Waals surface area contributed by atoms with E-state index in [1.54, 1.807) is 27.9 Å². The van der Waals surface area contributed by atoms with Crippen molar-refractivity contribution >= 4 is 39.2 Å². The molecule has 0 bridgehead atoms. The molecule has 1 atom stereocenters. The summed E-state index contributed by atoms with van der Waals surface area (Å²) in [5.41, 5.74) is 1.24. The summed E-state index contributed by atoms with van der Waals surface area (Å²) < 4.78 is 1.63. The topological polar surface area (TPSA) is 59.6 Å². The quantitative estimate of drug-likeness (QED) is 0.599. The molecule has 1 aliphatic carbocycles. The van der Waals surface area contributed by atoms with Crippen molar-refractivity contribution in [2.45, 2.75) is 43.5 Å². The van der Waals surface area contributed by atoms with Crippen molar-refractivity contribution in [2.24, 2.45) is 7.05 Å². The predicted octanol–water partition coefficient (Wildman–Crippen LogP) is 0.711. The fraction of sp³-hybridized carbons (Fsp3) is 0.632. The molecule has 1 N–H and O–H groups in total. The maximum atomic E-state index is 12.9. The zero-order chi connectivity index (χ0) is 19.1. The second-order valence-electron chi connectivity index (χ2n) is 7.48. The molecule has 1 saturated heterocycles. The number of hydrogen-bond donors (Lipinski definition) is 1. The fourth-order valence-electron chi connectivity index (χ4n) is 4.07. The van der Waals surface area contributed by atoms with E-state index in [9.17, 15) is 9.59 Å². The number of nitrogens with one attached hydrogen (secondary N) is 1. The molecule has 2 aromatic rings. The van der Waals surface area contributed by atoms with Gasteiger partial charge in [0.05, 0.1) is 43.4 Å². The van der Waals surface area contributed by atoms with Crippen molar-refractivity contribution in [3.63, 3.8) is 0 Å². The van der Waals surface area contributed by atoms with Crippen LogP contribution in [0.5, 0.6) is 0 Å². The van der Waals surface area contributed by atoms with E-state index in [0.717, 1.165) is 62.2 Å². The van der Waals surface area contributed by atoms with Gasteiger partial charge in [0.1, 0.15) is 4.83 Å². The van der Waals surface area contributed by atoms with Crippen LogP contribution in [0.2, 0.25) is 0 Å². The van der Waals surface area contributed by atoms with Crippen LogP contribution >= 0.6 is 23.1 Å². The molecule has 1 aliphatic heterocycles. The molecule has 1 amide bonds. The van der Waals surface area contributed by atoms with Crippen LogP contribution in [-0.4, -0.2) is 58.3 Å². The molecule has 3 heterocycles. The minimum atomic E-state index is -0.240. The Balaban J connectivity index is 1.54. The highest BCUT2D eigenvalue weighted by Crippen LogP contribution is 2.35. The van der Waals surface area contributed by atoms with Crippen molar-refractivity contribution < 1.29 is 9.69 Å². The molecule has 27 heavy (non-hydrogen) atoms. The molecule has 146 valence electrons. The number of quaternary nitrogens is 1. The van der Waals surface area contributed by atoms with E-state index in [1.165, 1.54) is 22.2 Å². The SMILES string of the molecule is CC[NH+]1CCN(C(=O)[C@@H](C)Sc2nc3sc4c(c3c(=O)n2C)CCC4)CC1. The first-order valence-electron chi connectivity index (χ1n) is 9.79. The summed E-state index contributed by atoms with van der Waals surface area (Å²) in [5, 5.41) is 1.21. The van der Waals surface area contributed by atoms with Gasteiger partial charge in [-0.25, -0.2) is 4.98 Å². The largest absolute Gasteiger partial charge is 0.332 e. The molecule has 1 fully saturated rings. The highest BCUT2D eigenvalue weighted by Gasteiger charge is 2.28. The zero-order valence-electron chi connectivity index (χ0n) is 16.2. The number of aryl methyl sites for hydroxylation is 2. The molecular formula is C19H27N4O2S2+. The molecule has 8 heteroatoms. The van der Waals surface area contributed by atoms with Gasteiger partial charge in [0.15, 0.2) is 5.16 Å². The minimum absolute atomic E-state index is 0.0294. The Bertz CT molecular complexity index is 928. The zero-order valence-corrected chi connectivity index (χ0v) is 17.8. The van der Waals surface area contributed by atoms with Crippen LogP contribution in [0.3, 0.4) is 0 Å². The molecule has 6 nitrogen and oxygen atoms in total. The minimum Gasteiger partial charge on any atom is -0.332 e. The second-order valence-corrected chi connectivity index (χ2v) is 9.88. The van der Waals surface area contributed by atoms with Crippen LogP contribution in [0, 0.1) is 0 Å².